The summed E-state index contributed by atoms with van der Waals surface area (Å²) in [6, 6.07) is 27.8. The van der Waals surface area contributed by atoms with Crippen LogP contribution < -0.4 is 28.9 Å². The number of hydrogen-bond donors (Lipinski definition) is 0. The summed E-state index contributed by atoms with van der Waals surface area (Å²) < 4.78 is 2.74. The minimum atomic E-state index is -0.0632. The molecule has 0 atom stereocenters. The summed E-state index contributed by atoms with van der Waals surface area (Å²) in [5.41, 5.74) is 11.6. The van der Waals surface area contributed by atoms with Crippen molar-refractivity contribution in [2.24, 2.45) is 0 Å². The van der Waals surface area contributed by atoms with Crippen LogP contribution in [-0.2, 0) is 10.8 Å². The van der Waals surface area contributed by atoms with Gasteiger partial charge in [0, 0.05) is 41.1 Å². The predicted octanol–water partition coefficient (Wildman–Crippen LogP) is 20.2. The van der Waals surface area contributed by atoms with E-state index in [4.69, 9.17) is 0 Å². The summed E-state index contributed by atoms with van der Waals surface area (Å²) in [6.07, 6.45) is 61.0. The van der Waals surface area contributed by atoms with E-state index in [1.807, 2.05) is 0 Å². The Morgan fingerprint density at radius 1 is 0.455 bits per heavy atom. The standard InChI is InChI=1S/C74H109N2.HI/c1-7-9-11-13-15-17-19-21-23-25-27-29-31-33-35-41-58-75-69(73(3,4)67-54-52-63-46-37-39-48-65(63)71(67)75)56-50-61-44-43-45-62(60-61)51-57-70-74(5,6)68-55-53-64-47-38-40-49-66(64)72(68)76(70)59-42-36-34-32-30-28-26-24-22-20-18-16-14-12-10-8-2;/h37-40,46-57,60H,7-36,41-45,58-59H2,1-6H3;1H/q+1;/p-1. The van der Waals surface area contributed by atoms with E-state index >= 15 is 0 Å². The van der Waals surface area contributed by atoms with Gasteiger partial charge in [-0.15, -0.1) is 0 Å². The lowest BCUT2D eigenvalue weighted by Gasteiger charge is -2.27. The third-order valence-electron chi connectivity index (χ3n) is 18.2. The highest BCUT2D eigenvalue weighted by Crippen LogP contribution is 2.51. The molecule has 3 aliphatic rings. The molecule has 3 heteroatoms. The Hall–Kier alpha value is -3.44. The lowest BCUT2D eigenvalue weighted by molar-refractivity contribution is -0.436. The molecule has 2 nitrogen and oxygen atoms in total. The first-order valence-corrected chi connectivity index (χ1v) is 32.5. The summed E-state index contributed by atoms with van der Waals surface area (Å²) >= 11 is 0. The number of hydrogen-bond acceptors (Lipinski definition) is 1. The van der Waals surface area contributed by atoms with Gasteiger partial charge >= 0.3 is 0 Å². The summed E-state index contributed by atoms with van der Waals surface area (Å²) in [6.45, 7) is 16.7. The number of allylic oxidation sites excluding steroid dienone is 8. The first-order chi connectivity index (χ1) is 37.3. The molecule has 0 aromatic heterocycles. The highest BCUT2D eigenvalue weighted by atomic mass is 127. The van der Waals surface area contributed by atoms with Gasteiger partial charge in [0.05, 0.1) is 16.5 Å². The Morgan fingerprint density at radius 2 is 0.909 bits per heavy atom. The molecule has 0 saturated heterocycles. The number of anilines is 1. The van der Waals surface area contributed by atoms with E-state index in [9.17, 15) is 0 Å². The molecule has 0 bridgehead atoms. The maximum atomic E-state index is 2.74. The van der Waals surface area contributed by atoms with Gasteiger partial charge in [-0.1, -0.05) is 299 Å². The van der Waals surface area contributed by atoms with Crippen LogP contribution in [-0.4, -0.2) is 23.4 Å². The number of benzene rings is 4. The van der Waals surface area contributed by atoms with Crippen LogP contribution >= 0.6 is 0 Å². The molecule has 0 saturated carbocycles. The molecule has 0 radical (unpaired) electrons. The second-order valence-corrected chi connectivity index (χ2v) is 25.1. The van der Waals surface area contributed by atoms with E-state index in [1.54, 1.807) is 0 Å². The number of rotatable bonds is 37. The van der Waals surface area contributed by atoms with Gasteiger partial charge in [-0.3, -0.25) is 0 Å². The molecule has 0 N–H and O–H groups in total. The van der Waals surface area contributed by atoms with Crippen LogP contribution in [0, 0.1) is 0 Å². The molecule has 0 unspecified atom stereocenters. The van der Waals surface area contributed by atoms with Crippen LogP contribution in [0.4, 0.5) is 11.4 Å². The van der Waals surface area contributed by atoms with Gasteiger partial charge in [0.2, 0.25) is 5.69 Å². The van der Waals surface area contributed by atoms with Crippen LogP contribution in [0.1, 0.15) is 277 Å². The van der Waals surface area contributed by atoms with E-state index < -0.39 is 0 Å². The molecule has 4 aromatic rings. The van der Waals surface area contributed by atoms with Crippen LogP contribution in [0.15, 0.2) is 120 Å². The molecule has 0 spiro atoms. The van der Waals surface area contributed by atoms with Crippen molar-refractivity contribution in [2.75, 3.05) is 18.0 Å². The average molecular weight is 1150 g/mol. The number of unbranched alkanes of at least 4 members (excludes halogenated alkanes) is 30. The van der Waals surface area contributed by atoms with Crippen molar-refractivity contribution in [3.05, 3.63) is 131 Å². The van der Waals surface area contributed by atoms with Crippen molar-refractivity contribution in [3.63, 3.8) is 0 Å². The zero-order valence-corrected chi connectivity index (χ0v) is 52.4. The molecule has 77 heavy (non-hydrogen) atoms. The maximum Gasteiger partial charge on any atom is 0.217 e. The van der Waals surface area contributed by atoms with E-state index in [2.05, 4.69) is 154 Å². The lowest BCUT2D eigenvalue weighted by atomic mass is 9.80. The quantitative estimate of drug-likeness (QED) is 0.0248. The second kappa shape index (κ2) is 34.0. The molecule has 2 aliphatic heterocycles. The van der Waals surface area contributed by atoms with E-state index in [-0.39, 0.29) is 34.8 Å². The Bertz CT molecular complexity index is 2530. The first kappa shape index (κ1) is 62.8. The fraction of sp³-hybridized carbons (Fsp3) is 0.608. The van der Waals surface area contributed by atoms with Crippen molar-refractivity contribution in [1.82, 2.24) is 0 Å². The normalized spacial score (nSPS) is 16.9. The fourth-order valence-corrected chi connectivity index (χ4v) is 13.5. The molecule has 2 heterocycles. The largest absolute Gasteiger partial charge is 1.00 e. The van der Waals surface area contributed by atoms with Crippen LogP contribution in [0.25, 0.3) is 21.5 Å². The van der Waals surface area contributed by atoms with Crippen molar-refractivity contribution < 1.29 is 28.6 Å². The highest BCUT2D eigenvalue weighted by Gasteiger charge is 2.45. The van der Waals surface area contributed by atoms with Gasteiger partial charge in [0.15, 0.2) is 5.71 Å². The van der Waals surface area contributed by atoms with Crippen LogP contribution in [0.5, 0.6) is 0 Å². The summed E-state index contributed by atoms with van der Waals surface area (Å²) in [7, 11) is 0. The topological polar surface area (TPSA) is 6.25 Å². The van der Waals surface area contributed by atoms with Gasteiger partial charge in [0.1, 0.15) is 6.54 Å². The number of halogens is 1. The molecular weight excluding hydrogens is 1040 g/mol. The Labute approximate surface area is 490 Å². The van der Waals surface area contributed by atoms with Gasteiger partial charge in [0.25, 0.3) is 0 Å². The van der Waals surface area contributed by atoms with Gasteiger partial charge < -0.3 is 28.9 Å². The Balaban J connectivity index is 0.00000961. The average Bonchev–Trinajstić information content (AvgIpc) is 3.84. The van der Waals surface area contributed by atoms with Crippen LogP contribution in [0.3, 0.4) is 0 Å². The molecule has 7 rings (SSSR count). The Kier molecular flexibility index (Phi) is 27.7. The van der Waals surface area contributed by atoms with Crippen molar-refractivity contribution in [2.45, 2.75) is 277 Å². The SMILES string of the molecule is CCCCCCCCCCCCCCCCCCN1C(=CC=C2C=C(C=CC3=[N+](CCCCCCCCCCCCCCCCCC)c4c(ccc5ccccc45)C3(C)C)CCC2)C(C)(C)c2ccc3ccccc3c21.[I-]. The number of fused-ring (bicyclic) bond motifs is 6. The van der Waals surface area contributed by atoms with Crippen molar-refractivity contribution in [1.29, 1.82) is 0 Å². The first-order valence-electron chi connectivity index (χ1n) is 32.5. The number of nitrogens with zero attached hydrogens (tertiary/aromatic N) is 2. The van der Waals surface area contributed by atoms with E-state index in [1.165, 1.54) is 278 Å². The fourth-order valence-electron chi connectivity index (χ4n) is 13.5. The van der Waals surface area contributed by atoms with E-state index in [0.29, 0.717) is 0 Å². The highest BCUT2D eigenvalue weighted by molar-refractivity contribution is 6.07. The third-order valence-corrected chi connectivity index (χ3v) is 18.2. The van der Waals surface area contributed by atoms with Crippen molar-refractivity contribution in [3.8, 4) is 0 Å². The zero-order chi connectivity index (χ0) is 53.3. The summed E-state index contributed by atoms with van der Waals surface area (Å²) in [5.74, 6) is 0. The predicted molar refractivity (Wildman–Crippen MR) is 337 cm³/mol. The monoisotopic (exact) mass is 1150 g/mol. The molecule has 0 amide bonds. The van der Waals surface area contributed by atoms with Gasteiger partial charge in [-0.25, -0.2) is 0 Å². The second-order valence-electron chi connectivity index (χ2n) is 25.1. The van der Waals surface area contributed by atoms with Gasteiger partial charge in [-0.05, 0) is 85.6 Å². The molecule has 0 fully saturated rings. The zero-order valence-electron chi connectivity index (χ0n) is 50.3. The molecule has 1 aliphatic carbocycles. The van der Waals surface area contributed by atoms with Crippen LogP contribution in [0.2, 0.25) is 0 Å². The maximum absolute atomic E-state index is 2.74. The van der Waals surface area contributed by atoms with Crippen molar-refractivity contribution >= 4 is 38.6 Å². The smallest absolute Gasteiger partial charge is 0.217 e. The lowest BCUT2D eigenvalue weighted by Crippen LogP contribution is -3.00. The third kappa shape index (κ3) is 18.3. The Morgan fingerprint density at radius 3 is 1.44 bits per heavy atom. The minimum Gasteiger partial charge on any atom is -1.00 e. The summed E-state index contributed by atoms with van der Waals surface area (Å²) in [4.78, 5) is 2.74. The van der Waals surface area contributed by atoms with Gasteiger partial charge in [-0.2, -0.15) is 4.58 Å². The minimum absolute atomic E-state index is 0. The molecular formula is C74H109IN2. The van der Waals surface area contributed by atoms with E-state index in [0.717, 1.165) is 25.9 Å². The molecule has 422 valence electrons. The molecule has 4 aromatic carbocycles. The summed E-state index contributed by atoms with van der Waals surface area (Å²) in [5, 5.41) is 5.50.